The summed E-state index contributed by atoms with van der Waals surface area (Å²) in [5, 5.41) is 2.24. The first-order valence-electron chi connectivity index (χ1n) is 12.4. The van der Waals surface area contributed by atoms with Gasteiger partial charge in [0.1, 0.15) is 25.1 Å². The summed E-state index contributed by atoms with van der Waals surface area (Å²) in [6, 6.07) is 21.0. The van der Waals surface area contributed by atoms with Gasteiger partial charge in [-0.1, -0.05) is 81.4 Å². The first-order chi connectivity index (χ1) is 17.9. The van der Waals surface area contributed by atoms with Gasteiger partial charge in [0.05, 0.1) is 19.3 Å². The number of aromatic amines is 1. The van der Waals surface area contributed by atoms with Crippen molar-refractivity contribution >= 4 is 29.9 Å². The van der Waals surface area contributed by atoms with E-state index in [1.165, 1.54) is 16.7 Å². The summed E-state index contributed by atoms with van der Waals surface area (Å²) in [5.41, 5.74) is 0.401. The van der Waals surface area contributed by atoms with Crippen molar-refractivity contribution < 1.29 is 18.6 Å². The van der Waals surface area contributed by atoms with Crippen LogP contribution in [0.15, 0.2) is 78.1 Å². The Morgan fingerprint density at radius 1 is 1.00 bits per heavy atom. The van der Waals surface area contributed by atoms with E-state index >= 15 is 0 Å². The summed E-state index contributed by atoms with van der Waals surface area (Å²) in [5.74, 6) is 0. The molecule has 1 N–H and O–H groups in total. The molecule has 2 aliphatic heterocycles. The highest BCUT2D eigenvalue weighted by Crippen LogP contribution is 2.41. The monoisotopic (exact) mass is 518 g/mol. The van der Waals surface area contributed by atoms with Crippen LogP contribution in [-0.2, 0) is 18.6 Å². The van der Waals surface area contributed by atoms with Crippen LogP contribution >= 0.6 is 0 Å². The molecule has 0 saturated carbocycles. The van der Waals surface area contributed by atoms with Gasteiger partial charge in [-0.3, -0.25) is 9.36 Å². The Balaban J connectivity index is 1.35. The average Bonchev–Trinajstić information content (AvgIpc) is 3.62. The molecule has 0 amide bonds. The molecule has 0 spiro atoms. The van der Waals surface area contributed by atoms with Gasteiger partial charge in [0.15, 0.2) is 17.4 Å². The second-order valence-electron chi connectivity index (χ2n) is 10.5. The maximum Gasteiger partial charge on any atom is 0.278 e. The second kappa shape index (κ2) is 9.30. The Bertz CT molecular complexity index is 1400. The van der Waals surface area contributed by atoms with E-state index < -0.39 is 14.5 Å². The highest BCUT2D eigenvalue weighted by molar-refractivity contribution is 6.99. The smallest absolute Gasteiger partial charge is 0.278 e. The minimum absolute atomic E-state index is 0.161. The fourth-order valence-electron chi connectivity index (χ4n) is 5.66. The van der Waals surface area contributed by atoms with Crippen molar-refractivity contribution in [2.75, 3.05) is 13.4 Å². The fourth-order valence-corrected chi connectivity index (χ4v) is 10.2. The van der Waals surface area contributed by atoms with E-state index in [0.717, 1.165) is 0 Å². The van der Waals surface area contributed by atoms with Crippen LogP contribution in [0.5, 0.6) is 0 Å². The second-order valence-corrected chi connectivity index (χ2v) is 14.8. The SMILES string of the molecule is CC(C)(C)[Si](OC[C@H]1O[C@@H](n2cnc3c(=O)[nH]cnc32)[C@@H]2OCO[C@@H]21)(c1ccccc1)c1ccccc1. The zero-order chi connectivity index (χ0) is 25.6. The number of hydrogen-bond acceptors (Lipinski definition) is 7. The number of ether oxygens (including phenoxy) is 3. The average molecular weight is 519 g/mol. The number of nitrogens with one attached hydrogen (secondary N) is 1. The normalized spacial score (nSPS) is 24.0. The Morgan fingerprint density at radius 3 is 2.30 bits per heavy atom. The highest BCUT2D eigenvalue weighted by Gasteiger charge is 2.54. The molecule has 2 aliphatic rings. The largest absolute Gasteiger partial charge is 0.405 e. The Labute approximate surface area is 215 Å². The molecule has 9 nitrogen and oxygen atoms in total. The van der Waals surface area contributed by atoms with E-state index in [9.17, 15) is 4.79 Å². The summed E-state index contributed by atoms with van der Waals surface area (Å²) < 4.78 is 27.3. The van der Waals surface area contributed by atoms with Crippen LogP contribution in [0, 0.1) is 0 Å². The molecule has 4 heterocycles. The summed E-state index contributed by atoms with van der Waals surface area (Å²) >= 11 is 0. The number of imidazole rings is 1. The lowest BCUT2D eigenvalue weighted by Gasteiger charge is -2.43. The van der Waals surface area contributed by atoms with Gasteiger partial charge in [0.2, 0.25) is 0 Å². The number of H-pyrrole nitrogens is 1. The van der Waals surface area contributed by atoms with Crippen molar-refractivity contribution in [2.24, 2.45) is 0 Å². The Morgan fingerprint density at radius 2 is 1.65 bits per heavy atom. The third-order valence-electron chi connectivity index (χ3n) is 7.33. The molecule has 2 aromatic heterocycles. The number of hydrogen-bond donors (Lipinski definition) is 1. The number of fused-ring (bicyclic) bond motifs is 2. The van der Waals surface area contributed by atoms with Crippen LogP contribution in [0.1, 0.15) is 27.0 Å². The Hall–Kier alpha value is -3.15. The molecule has 4 aromatic rings. The van der Waals surface area contributed by atoms with E-state index in [-0.39, 0.29) is 41.2 Å². The van der Waals surface area contributed by atoms with Gasteiger partial charge in [-0.15, -0.1) is 0 Å². The third kappa shape index (κ3) is 3.96. The lowest BCUT2D eigenvalue weighted by atomic mass is 10.1. The zero-order valence-electron chi connectivity index (χ0n) is 21.0. The number of aromatic nitrogens is 4. The fraction of sp³-hybridized carbons (Fsp3) is 0.370. The number of rotatable bonds is 6. The molecule has 0 bridgehead atoms. The van der Waals surface area contributed by atoms with E-state index in [0.29, 0.717) is 12.3 Å². The first-order valence-corrected chi connectivity index (χ1v) is 14.3. The molecule has 4 atom stereocenters. The van der Waals surface area contributed by atoms with Gasteiger partial charge in [-0.05, 0) is 15.4 Å². The van der Waals surface area contributed by atoms with Crippen LogP contribution in [0.25, 0.3) is 11.2 Å². The van der Waals surface area contributed by atoms with E-state index in [1.54, 1.807) is 10.9 Å². The van der Waals surface area contributed by atoms with Gasteiger partial charge in [0.25, 0.3) is 13.9 Å². The van der Waals surface area contributed by atoms with Crippen molar-refractivity contribution in [3.05, 3.63) is 83.7 Å². The van der Waals surface area contributed by atoms with Crippen LogP contribution in [0.4, 0.5) is 0 Å². The molecule has 0 unspecified atom stereocenters. The summed E-state index contributed by atoms with van der Waals surface area (Å²) in [6.07, 6.45) is 1.33. The van der Waals surface area contributed by atoms with Gasteiger partial charge < -0.3 is 23.6 Å². The molecule has 6 rings (SSSR count). The molecule has 192 valence electrons. The minimum atomic E-state index is -2.75. The molecule has 10 heteroatoms. The molecule has 2 aromatic carbocycles. The molecule has 37 heavy (non-hydrogen) atoms. The van der Waals surface area contributed by atoms with E-state index in [1.807, 2.05) is 12.1 Å². The number of benzene rings is 2. The third-order valence-corrected chi connectivity index (χ3v) is 12.3. The van der Waals surface area contributed by atoms with Crippen molar-refractivity contribution in [1.29, 1.82) is 0 Å². The van der Waals surface area contributed by atoms with Crippen LogP contribution in [0.3, 0.4) is 0 Å². The summed E-state index contributed by atoms with van der Waals surface area (Å²) in [6.45, 7) is 7.24. The van der Waals surface area contributed by atoms with Gasteiger partial charge >= 0.3 is 0 Å². The van der Waals surface area contributed by atoms with Crippen molar-refractivity contribution in [1.82, 2.24) is 19.5 Å². The summed E-state index contributed by atoms with van der Waals surface area (Å²) in [7, 11) is -2.75. The van der Waals surface area contributed by atoms with Gasteiger partial charge in [-0.25, -0.2) is 9.97 Å². The molecule has 0 aliphatic carbocycles. The quantitative estimate of drug-likeness (QED) is 0.391. The molecule has 2 saturated heterocycles. The predicted octanol–water partition coefficient (Wildman–Crippen LogP) is 2.34. The zero-order valence-corrected chi connectivity index (χ0v) is 22.0. The van der Waals surface area contributed by atoms with E-state index in [2.05, 4.69) is 84.3 Å². The van der Waals surface area contributed by atoms with Crippen LogP contribution < -0.4 is 15.9 Å². The first kappa shape index (κ1) is 24.2. The van der Waals surface area contributed by atoms with Crippen molar-refractivity contribution in [3.63, 3.8) is 0 Å². The van der Waals surface area contributed by atoms with Gasteiger partial charge in [-0.2, -0.15) is 0 Å². The molecule has 2 fully saturated rings. The maximum absolute atomic E-state index is 12.2. The lowest BCUT2D eigenvalue weighted by molar-refractivity contribution is -0.106. The van der Waals surface area contributed by atoms with Crippen molar-refractivity contribution in [2.45, 2.75) is 50.3 Å². The molecular formula is C27H30N4O5Si. The van der Waals surface area contributed by atoms with Gasteiger partial charge in [0, 0.05) is 0 Å². The van der Waals surface area contributed by atoms with Crippen LogP contribution in [-0.4, -0.2) is 59.5 Å². The maximum atomic E-state index is 12.2. The topological polar surface area (TPSA) is 100 Å². The predicted molar refractivity (Wildman–Crippen MR) is 140 cm³/mol. The van der Waals surface area contributed by atoms with Crippen LogP contribution in [0.2, 0.25) is 5.04 Å². The highest BCUT2D eigenvalue weighted by atomic mass is 28.4. The minimum Gasteiger partial charge on any atom is -0.405 e. The molecular weight excluding hydrogens is 488 g/mol. The van der Waals surface area contributed by atoms with Crippen molar-refractivity contribution in [3.8, 4) is 0 Å². The standard InChI is InChI=1S/C27H30N4O5Si/c1-27(2,3)37(18-10-6-4-7-11-18,19-12-8-5-9-13-19)35-14-20-22-23(34-17-33-22)26(36-20)31-16-30-21-24(31)28-15-29-25(21)32/h4-13,15-16,20,22-23,26H,14,17H2,1-3H3,(H,28,29,32)/t20-,22-,23-,26-/m1/s1. The lowest BCUT2D eigenvalue weighted by Crippen LogP contribution is -2.67. The van der Waals surface area contributed by atoms with E-state index in [4.69, 9.17) is 18.6 Å². The molecule has 0 radical (unpaired) electrons. The number of nitrogens with zero attached hydrogens (tertiary/aromatic N) is 3. The summed E-state index contributed by atoms with van der Waals surface area (Å²) in [4.78, 5) is 23.3. The Kier molecular flexibility index (Phi) is 6.08.